The first kappa shape index (κ1) is 17.1. The number of carbonyl (C=O) groups excluding carboxylic acids is 1. The molecule has 2 atom stereocenters. The zero-order valence-corrected chi connectivity index (χ0v) is 13.8. The molecule has 0 saturated carbocycles. The van der Waals surface area contributed by atoms with Gasteiger partial charge >= 0.3 is 5.97 Å². The number of nitrogens with one attached hydrogen (secondary N) is 2. The number of carboxylic acid groups (broad SMARTS) is 1. The number of pyridine rings is 1. The first-order valence-electron chi connectivity index (χ1n) is 8.39. The van der Waals surface area contributed by atoms with E-state index in [1.54, 1.807) is 12.4 Å². The van der Waals surface area contributed by atoms with E-state index >= 15 is 0 Å². The highest BCUT2D eigenvalue weighted by molar-refractivity contribution is 5.87. The number of nitrogens with zero attached hydrogens (tertiary/aromatic N) is 1. The van der Waals surface area contributed by atoms with Crippen molar-refractivity contribution in [3.8, 4) is 11.1 Å². The molecule has 2 aromatic rings. The van der Waals surface area contributed by atoms with E-state index in [4.69, 9.17) is 0 Å². The van der Waals surface area contributed by atoms with Gasteiger partial charge in [-0.05, 0) is 42.1 Å². The Kier molecular flexibility index (Phi) is 5.40. The van der Waals surface area contributed by atoms with E-state index in [0.29, 0.717) is 0 Å². The number of carboxylic acids is 1. The monoisotopic (exact) mass is 339 g/mol. The van der Waals surface area contributed by atoms with E-state index in [-0.39, 0.29) is 18.4 Å². The minimum atomic E-state index is -1.03. The van der Waals surface area contributed by atoms with Gasteiger partial charge in [-0.3, -0.25) is 9.78 Å². The lowest BCUT2D eigenvalue weighted by Gasteiger charge is -2.18. The fourth-order valence-electron chi connectivity index (χ4n) is 2.98. The summed E-state index contributed by atoms with van der Waals surface area (Å²) in [4.78, 5) is 27.7. The molecule has 6 heteroatoms. The Morgan fingerprint density at radius 2 is 2.04 bits per heavy atom. The average Bonchev–Trinajstić information content (AvgIpc) is 3.17. The minimum absolute atomic E-state index is 0.239. The normalized spacial score (nSPS) is 17.8. The fraction of sp³-hybridized carbons (Fsp3) is 0.316. The molecule has 1 saturated heterocycles. The van der Waals surface area contributed by atoms with Crippen molar-refractivity contribution < 1.29 is 14.7 Å². The lowest BCUT2D eigenvalue weighted by Crippen LogP contribution is -2.49. The Morgan fingerprint density at radius 1 is 1.24 bits per heavy atom. The van der Waals surface area contributed by atoms with E-state index in [0.717, 1.165) is 36.1 Å². The molecule has 0 bridgehead atoms. The molecule has 3 rings (SSSR count). The summed E-state index contributed by atoms with van der Waals surface area (Å²) in [5.41, 5.74) is 2.88. The maximum Gasteiger partial charge on any atom is 0.326 e. The summed E-state index contributed by atoms with van der Waals surface area (Å²) in [5, 5.41) is 15.1. The Bertz CT molecular complexity index is 725. The van der Waals surface area contributed by atoms with Crippen molar-refractivity contribution in [3.05, 3.63) is 54.4 Å². The Labute approximate surface area is 146 Å². The van der Waals surface area contributed by atoms with Crippen LogP contribution in [0.25, 0.3) is 11.1 Å². The largest absolute Gasteiger partial charge is 0.480 e. The van der Waals surface area contributed by atoms with Crippen molar-refractivity contribution in [1.82, 2.24) is 15.6 Å². The third-order valence-corrected chi connectivity index (χ3v) is 4.38. The number of carbonyl (C=O) groups is 2. The predicted molar refractivity (Wildman–Crippen MR) is 94.0 cm³/mol. The van der Waals surface area contributed by atoms with Gasteiger partial charge in [-0.25, -0.2) is 4.79 Å². The van der Waals surface area contributed by atoms with Crippen molar-refractivity contribution in [3.63, 3.8) is 0 Å². The molecule has 3 N–H and O–H groups in total. The molecule has 130 valence electrons. The summed E-state index contributed by atoms with van der Waals surface area (Å²) in [6.45, 7) is 0.797. The van der Waals surface area contributed by atoms with Crippen LogP contribution in [0, 0.1) is 0 Å². The molecular formula is C19H21N3O3. The van der Waals surface area contributed by atoms with Gasteiger partial charge in [-0.15, -0.1) is 0 Å². The third-order valence-electron chi connectivity index (χ3n) is 4.38. The molecule has 0 aliphatic carbocycles. The molecule has 1 fully saturated rings. The second-order valence-corrected chi connectivity index (χ2v) is 6.19. The van der Waals surface area contributed by atoms with E-state index in [1.807, 2.05) is 36.4 Å². The molecule has 1 aromatic heterocycles. The van der Waals surface area contributed by atoms with Crippen LogP contribution in [-0.4, -0.2) is 40.6 Å². The Hall–Kier alpha value is -2.73. The highest BCUT2D eigenvalue weighted by atomic mass is 16.4. The maximum atomic E-state index is 12.1. The molecule has 25 heavy (non-hydrogen) atoms. The van der Waals surface area contributed by atoms with Gasteiger partial charge in [0, 0.05) is 18.8 Å². The molecule has 1 aliphatic heterocycles. The van der Waals surface area contributed by atoms with Gasteiger partial charge in [0.1, 0.15) is 6.04 Å². The van der Waals surface area contributed by atoms with Gasteiger partial charge in [0.05, 0.1) is 6.04 Å². The van der Waals surface area contributed by atoms with Crippen LogP contribution in [0.3, 0.4) is 0 Å². The van der Waals surface area contributed by atoms with Crippen LogP contribution in [0.15, 0.2) is 48.8 Å². The van der Waals surface area contributed by atoms with E-state index in [2.05, 4.69) is 15.6 Å². The molecule has 2 heterocycles. The predicted octanol–water partition coefficient (Wildman–Crippen LogP) is 1.61. The molecule has 0 unspecified atom stereocenters. The molecule has 0 spiro atoms. The summed E-state index contributed by atoms with van der Waals surface area (Å²) < 4.78 is 0. The first-order valence-corrected chi connectivity index (χ1v) is 8.39. The van der Waals surface area contributed by atoms with Crippen molar-refractivity contribution in [2.45, 2.75) is 31.3 Å². The van der Waals surface area contributed by atoms with Gasteiger partial charge in [-0.1, -0.05) is 30.3 Å². The SMILES string of the molecule is O=C(O)[C@H](Cc1ccc(-c2cccnc2)cc1)NC(=O)[C@@H]1CCCN1. The first-order chi connectivity index (χ1) is 12.1. The van der Waals surface area contributed by atoms with E-state index in [1.165, 1.54) is 0 Å². The van der Waals surface area contributed by atoms with E-state index < -0.39 is 12.0 Å². The van der Waals surface area contributed by atoms with Crippen LogP contribution < -0.4 is 10.6 Å². The number of hydrogen-bond donors (Lipinski definition) is 3. The third kappa shape index (κ3) is 4.42. The molecule has 1 aliphatic rings. The number of rotatable bonds is 6. The van der Waals surface area contributed by atoms with Crippen LogP contribution in [0.5, 0.6) is 0 Å². The summed E-state index contributed by atoms with van der Waals surface area (Å²) >= 11 is 0. The summed E-state index contributed by atoms with van der Waals surface area (Å²) in [7, 11) is 0. The summed E-state index contributed by atoms with van der Waals surface area (Å²) in [6.07, 6.45) is 5.44. The maximum absolute atomic E-state index is 12.1. The van der Waals surface area contributed by atoms with Crippen molar-refractivity contribution in [2.24, 2.45) is 0 Å². The van der Waals surface area contributed by atoms with Crippen LogP contribution in [0.2, 0.25) is 0 Å². The molecular weight excluding hydrogens is 318 g/mol. The zero-order valence-electron chi connectivity index (χ0n) is 13.8. The van der Waals surface area contributed by atoms with E-state index in [9.17, 15) is 14.7 Å². The topological polar surface area (TPSA) is 91.3 Å². The quantitative estimate of drug-likeness (QED) is 0.744. The van der Waals surface area contributed by atoms with Gasteiger partial charge in [-0.2, -0.15) is 0 Å². The number of benzene rings is 1. The van der Waals surface area contributed by atoms with Crippen LogP contribution in [0.4, 0.5) is 0 Å². The lowest BCUT2D eigenvalue weighted by atomic mass is 10.0. The second kappa shape index (κ2) is 7.90. The highest BCUT2D eigenvalue weighted by Gasteiger charge is 2.27. The number of amides is 1. The highest BCUT2D eigenvalue weighted by Crippen LogP contribution is 2.19. The minimum Gasteiger partial charge on any atom is -0.480 e. The van der Waals surface area contributed by atoms with Crippen LogP contribution in [-0.2, 0) is 16.0 Å². The second-order valence-electron chi connectivity index (χ2n) is 6.19. The fourth-order valence-corrected chi connectivity index (χ4v) is 2.98. The molecule has 6 nitrogen and oxygen atoms in total. The molecule has 1 amide bonds. The standard InChI is InChI=1S/C19H21N3O3/c23-18(16-4-2-10-21-16)22-17(19(24)25)11-13-5-7-14(8-6-13)15-3-1-9-20-12-15/h1,3,5-9,12,16-17,21H,2,4,10-11H2,(H,22,23)(H,24,25)/t16-,17-/m0/s1. The smallest absolute Gasteiger partial charge is 0.326 e. The Morgan fingerprint density at radius 3 is 2.64 bits per heavy atom. The van der Waals surface area contributed by atoms with Crippen molar-refractivity contribution in [2.75, 3.05) is 6.54 Å². The van der Waals surface area contributed by atoms with Crippen LogP contribution in [0.1, 0.15) is 18.4 Å². The van der Waals surface area contributed by atoms with Gasteiger partial charge in [0.15, 0.2) is 0 Å². The molecule has 1 aromatic carbocycles. The number of aliphatic carboxylic acids is 1. The summed E-state index contributed by atoms with van der Waals surface area (Å²) in [5.74, 6) is -1.26. The van der Waals surface area contributed by atoms with Crippen molar-refractivity contribution >= 4 is 11.9 Å². The molecule has 0 radical (unpaired) electrons. The van der Waals surface area contributed by atoms with Gasteiger partial charge < -0.3 is 15.7 Å². The Balaban J connectivity index is 1.65. The van der Waals surface area contributed by atoms with Gasteiger partial charge in [0.2, 0.25) is 5.91 Å². The average molecular weight is 339 g/mol. The van der Waals surface area contributed by atoms with Crippen molar-refractivity contribution in [1.29, 1.82) is 0 Å². The van der Waals surface area contributed by atoms with Crippen LogP contribution >= 0.6 is 0 Å². The lowest BCUT2D eigenvalue weighted by molar-refractivity contribution is -0.142. The number of hydrogen-bond acceptors (Lipinski definition) is 4. The zero-order chi connectivity index (χ0) is 17.6. The summed E-state index contributed by atoms with van der Waals surface area (Å²) in [6, 6.07) is 10.3. The van der Waals surface area contributed by atoms with Gasteiger partial charge in [0.25, 0.3) is 0 Å². The number of aromatic nitrogens is 1.